The molecule has 1 aliphatic carbocycles. The molecule has 1 aromatic carbocycles. The van der Waals surface area contributed by atoms with Crippen LogP contribution in [0.4, 0.5) is 0 Å². The highest BCUT2D eigenvalue weighted by Gasteiger charge is 2.37. The molecule has 0 bridgehead atoms. The highest BCUT2D eigenvalue weighted by atomic mass is 35.5. The standard InChI is InChI=1S/C11H14ClN/c1-7-4-9(12)2-3-10(7)11-5-8(11)6-13/h2-4,8,11H,5-6,13H2,1H3. The predicted molar refractivity (Wildman–Crippen MR) is 56.1 cm³/mol. The van der Waals surface area contributed by atoms with Crippen molar-refractivity contribution in [1.29, 1.82) is 0 Å². The van der Waals surface area contributed by atoms with Gasteiger partial charge in [-0.1, -0.05) is 17.7 Å². The number of rotatable bonds is 2. The zero-order chi connectivity index (χ0) is 9.42. The molecule has 0 amide bonds. The Hall–Kier alpha value is -0.530. The Bertz CT molecular complexity index is 322. The molecule has 2 N–H and O–H groups in total. The number of hydrogen-bond donors (Lipinski definition) is 1. The second-order valence-corrected chi connectivity index (χ2v) is 4.28. The van der Waals surface area contributed by atoms with E-state index in [2.05, 4.69) is 13.0 Å². The molecule has 2 rings (SSSR count). The quantitative estimate of drug-likeness (QED) is 0.772. The van der Waals surface area contributed by atoms with Crippen molar-refractivity contribution in [2.75, 3.05) is 6.54 Å². The maximum absolute atomic E-state index is 5.89. The summed E-state index contributed by atoms with van der Waals surface area (Å²) in [5, 5.41) is 0.825. The minimum Gasteiger partial charge on any atom is -0.330 e. The third-order valence-corrected chi connectivity index (χ3v) is 3.09. The topological polar surface area (TPSA) is 26.0 Å². The van der Waals surface area contributed by atoms with Crippen LogP contribution < -0.4 is 5.73 Å². The fraction of sp³-hybridized carbons (Fsp3) is 0.455. The van der Waals surface area contributed by atoms with Crippen molar-refractivity contribution in [3.63, 3.8) is 0 Å². The number of benzene rings is 1. The van der Waals surface area contributed by atoms with E-state index in [1.807, 2.05) is 12.1 Å². The van der Waals surface area contributed by atoms with Gasteiger partial charge < -0.3 is 5.73 Å². The van der Waals surface area contributed by atoms with Crippen LogP contribution in [0.15, 0.2) is 18.2 Å². The first kappa shape index (κ1) is 9.04. The Labute approximate surface area is 83.9 Å². The minimum atomic E-state index is 0.697. The lowest BCUT2D eigenvalue weighted by Gasteiger charge is -2.04. The van der Waals surface area contributed by atoms with Crippen LogP contribution in [0.3, 0.4) is 0 Å². The molecule has 0 radical (unpaired) electrons. The molecule has 1 aliphatic rings. The summed E-state index contributed by atoms with van der Waals surface area (Å²) >= 11 is 5.89. The normalized spacial score (nSPS) is 26.1. The average molecular weight is 196 g/mol. The largest absolute Gasteiger partial charge is 0.330 e. The van der Waals surface area contributed by atoms with Crippen LogP contribution in [-0.2, 0) is 0 Å². The molecule has 13 heavy (non-hydrogen) atoms. The summed E-state index contributed by atoms with van der Waals surface area (Å²) in [6.45, 7) is 2.93. The molecule has 1 aromatic rings. The summed E-state index contributed by atoms with van der Waals surface area (Å²) in [6.07, 6.45) is 1.25. The molecule has 2 unspecified atom stereocenters. The third kappa shape index (κ3) is 1.72. The third-order valence-electron chi connectivity index (χ3n) is 2.86. The summed E-state index contributed by atoms with van der Waals surface area (Å²) in [5.74, 6) is 1.40. The maximum atomic E-state index is 5.89. The number of nitrogens with two attached hydrogens (primary N) is 1. The van der Waals surface area contributed by atoms with Gasteiger partial charge in [0.2, 0.25) is 0 Å². The number of halogens is 1. The van der Waals surface area contributed by atoms with Crippen molar-refractivity contribution in [3.8, 4) is 0 Å². The van der Waals surface area contributed by atoms with Gasteiger partial charge in [-0.05, 0) is 55.0 Å². The Balaban J connectivity index is 2.22. The fourth-order valence-corrected chi connectivity index (χ4v) is 2.17. The lowest BCUT2D eigenvalue weighted by Crippen LogP contribution is -2.02. The molecular weight excluding hydrogens is 182 g/mol. The van der Waals surface area contributed by atoms with Crippen molar-refractivity contribution >= 4 is 11.6 Å². The maximum Gasteiger partial charge on any atom is 0.0408 e. The molecule has 0 heterocycles. The Morgan fingerprint density at radius 2 is 2.31 bits per heavy atom. The van der Waals surface area contributed by atoms with E-state index in [0.717, 1.165) is 11.6 Å². The second kappa shape index (κ2) is 3.32. The molecule has 2 atom stereocenters. The van der Waals surface area contributed by atoms with Gasteiger partial charge in [0.05, 0.1) is 0 Å². The molecule has 70 valence electrons. The minimum absolute atomic E-state index is 0.697. The van der Waals surface area contributed by atoms with Gasteiger partial charge in [-0.15, -0.1) is 0 Å². The van der Waals surface area contributed by atoms with Crippen LogP contribution in [0.1, 0.15) is 23.5 Å². The molecule has 2 heteroatoms. The Morgan fingerprint density at radius 3 is 2.85 bits per heavy atom. The summed E-state index contributed by atoms with van der Waals surface area (Å²) < 4.78 is 0. The fourth-order valence-electron chi connectivity index (χ4n) is 1.94. The molecule has 0 aromatic heterocycles. The second-order valence-electron chi connectivity index (χ2n) is 3.84. The van der Waals surface area contributed by atoms with Gasteiger partial charge in [-0.2, -0.15) is 0 Å². The highest BCUT2D eigenvalue weighted by Crippen LogP contribution is 2.47. The summed E-state index contributed by atoms with van der Waals surface area (Å²) in [5.41, 5.74) is 8.35. The summed E-state index contributed by atoms with van der Waals surface area (Å²) in [7, 11) is 0. The molecule has 0 aliphatic heterocycles. The summed E-state index contributed by atoms with van der Waals surface area (Å²) in [6, 6.07) is 6.14. The molecular formula is C11H14ClN. The van der Waals surface area contributed by atoms with Crippen molar-refractivity contribution in [3.05, 3.63) is 34.3 Å². The zero-order valence-electron chi connectivity index (χ0n) is 7.76. The smallest absolute Gasteiger partial charge is 0.0408 e. The van der Waals surface area contributed by atoms with Gasteiger partial charge in [0.25, 0.3) is 0 Å². The van der Waals surface area contributed by atoms with Crippen LogP contribution in [0.5, 0.6) is 0 Å². The monoisotopic (exact) mass is 195 g/mol. The van der Waals surface area contributed by atoms with Crippen LogP contribution in [-0.4, -0.2) is 6.54 Å². The molecule has 0 saturated heterocycles. The van der Waals surface area contributed by atoms with Crippen LogP contribution in [0, 0.1) is 12.8 Å². The van der Waals surface area contributed by atoms with Crippen LogP contribution in [0.25, 0.3) is 0 Å². The van der Waals surface area contributed by atoms with Crippen LogP contribution in [0.2, 0.25) is 5.02 Å². The van der Waals surface area contributed by atoms with E-state index in [9.17, 15) is 0 Å². The lowest BCUT2D eigenvalue weighted by atomic mass is 10.0. The van der Waals surface area contributed by atoms with E-state index in [-0.39, 0.29) is 0 Å². The first-order valence-corrected chi connectivity index (χ1v) is 5.06. The van der Waals surface area contributed by atoms with E-state index in [1.54, 1.807) is 0 Å². The first-order valence-electron chi connectivity index (χ1n) is 4.68. The average Bonchev–Trinajstić information content (AvgIpc) is 2.83. The van der Waals surface area contributed by atoms with Crippen molar-refractivity contribution in [1.82, 2.24) is 0 Å². The van der Waals surface area contributed by atoms with Crippen molar-refractivity contribution < 1.29 is 0 Å². The van der Waals surface area contributed by atoms with Gasteiger partial charge in [0.15, 0.2) is 0 Å². The SMILES string of the molecule is Cc1cc(Cl)ccc1C1CC1CN. The van der Waals surface area contributed by atoms with E-state index >= 15 is 0 Å². The van der Waals surface area contributed by atoms with E-state index in [4.69, 9.17) is 17.3 Å². The highest BCUT2D eigenvalue weighted by molar-refractivity contribution is 6.30. The van der Waals surface area contributed by atoms with E-state index < -0.39 is 0 Å². The van der Waals surface area contributed by atoms with E-state index in [0.29, 0.717) is 11.8 Å². The molecule has 1 fully saturated rings. The van der Waals surface area contributed by atoms with Crippen molar-refractivity contribution in [2.45, 2.75) is 19.3 Å². The van der Waals surface area contributed by atoms with Crippen LogP contribution >= 0.6 is 11.6 Å². The molecule has 1 nitrogen and oxygen atoms in total. The van der Waals surface area contributed by atoms with Gasteiger partial charge in [-0.25, -0.2) is 0 Å². The van der Waals surface area contributed by atoms with Gasteiger partial charge in [-0.3, -0.25) is 0 Å². The number of hydrogen-bond acceptors (Lipinski definition) is 1. The molecule has 0 spiro atoms. The Morgan fingerprint density at radius 1 is 1.54 bits per heavy atom. The molecule has 1 saturated carbocycles. The zero-order valence-corrected chi connectivity index (χ0v) is 8.51. The first-order chi connectivity index (χ1) is 6.22. The van der Waals surface area contributed by atoms with Gasteiger partial charge >= 0.3 is 0 Å². The predicted octanol–water partition coefficient (Wildman–Crippen LogP) is 2.71. The van der Waals surface area contributed by atoms with Crippen molar-refractivity contribution in [2.24, 2.45) is 11.7 Å². The lowest BCUT2D eigenvalue weighted by molar-refractivity contribution is 0.807. The Kier molecular flexibility index (Phi) is 2.31. The van der Waals surface area contributed by atoms with E-state index in [1.165, 1.54) is 17.5 Å². The number of aryl methyl sites for hydroxylation is 1. The van der Waals surface area contributed by atoms with Gasteiger partial charge in [0.1, 0.15) is 0 Å². The summed E-state index contributed by atoms with van der Waals surface area (Å²) in [4.78, 5) is 0. The van der Waals surface area contributed by atoms with Gasteiger partial charge in [0, 0.05) is 5.02 Å².